The molecule has 1 aliphatic heterocycles. The van der Waals surface area contributed by atoms with E-state index in [1.807, 2.05) is 60.0 Å². The van der Waals surface area contributed by atoms with Crippen LogP contribution in [0.2, 0.25) is 5.02 Å². The summed E-state index contributed by atoms with van der Waals surface area (Å²) in [6, 6.07) is 15.3. The van der Waals surface area contributed by atoms with E-state index >= 15 is 0 Å². The maximum Gasteiger partial charge on any atom is 0.271 e. The number of ether oxygens (including phenoxy) is 1. The van der Waals surface area contributed by atoms with Crippen molar-refractivity contribution in [2.24, 2.45) is 0 Å². The Kier molecular flexibility index (Phi) is 6.02. The molecule has 5 rings (SSSR count). The van der Waals surface area contributed by atoms with Crippen molar-refractivity contribution < 1.29 is 14.3 Å². The van der Waals surface area contributed by atoms with Gasteiger partial charge in [-0.3, -0.25) is 9.59 Å². The summed E-state index contributed by atoms with van der Waals surface area (Å²) in [4.78, 5) is 29.4. The Balaban J connectivity index is 1.58. The van der Waals surface area contributed by atoms with Gasteiger partial charge in [0.15, 0.2) is 0 Å². The van der Waals surface area contributed by atoms with Gasteiger partial charge in [-0.05, 0) is 49.6 Å². The number of rotatable bonds is 5. The molecule has 0 unspecified atom stereocenters. The Morgan fingerprint density at radius 3 is 2.65 bits per heavy atom. The second-order valence-electron chi connectivity index (χ2n) is 9.61. The molecule has 0 radical (unpaired) electrons. The summed E-state index contributed by atoms with van der Waals surface area (Å²) in [7, 11) is 1.62. The number of amides is 2. The molecule has 6 nitrogen and oxygen atoms in total. The fourth-order valence-corrected chi connectivity index (χ4v) is 5.49. The van der Waals surface area contributed by atoms with E-state index in [1.165, 1.54) is 6.42 Å². The number of benzene rings is 2. The van der Waals surface area contributed by atoms with E-state index in [1.54, 1.807) is 12.0 Å². The Labute approximate surface area is 204 Å². The molecule has 1 fully saturated rings. The molecule has 1 N–H and O–H groups in total. The van der Waals surface area contributed by atoms with Crippen LogP contribution in [0.4, 0.5) is 0 Å². The highest BCUT2D eigenvalue weighted by Gasteiger charge is 2.48. The molecule has 0 spiro atoms. The number of carbonyl (C=O) groups excluding carboxylic acids is 2. The molecule has 1 saturated carbocycles. The fraction of sp³-hybridized carbons (Fsp3) is 0.407. The average Bonchev–Trinajstić information content (AvgIpc) is 3.21. The number of halogens is 1. The predicted octanol–water partition coefficient (Wildman–Crippen LogP) is 5.17. The third-order valence-electron chi connectivity index (χ3n) is 7.35. The number of hydrogen-bond donors (Lipinski definition) is 1. The van der Waals surface area contributed by atoms with Crippen molar-refractivity contribution in [3.8, 4) is 5.75 Å². The monoisotopic (exact) mass is 479 g/mol. The van der Waals surface area contributed by atoms with Crippen molar-refractivity contribution in [1.82, 2.24) is 14.8 Å². The summed E-state index contributed by atoms with van der Waals surface area (Å²) in [6.45, 7) is 2.49. The standard InChI is InChI=1S/C27H30ClN3O3/c1-27(26(33)29-20-9-4-3-5-10-20)17-30-23-15-21(34-2)13-12-18(23)14-24(30)25(32)31(27)16-19-8-6-7-11-22(19)28/h6-8,11-15,20H,3-5,9-10,16-17H2,1-2H3,(H,29,33)/t27-/m0/s1. The van der Waals surface area contributed by atoms with Crippen molar-refractivity contribution in [3.63, 3.8) is 0 Å². The van der Waals surface area contributed by atoms with Crippen LogP contribution >= 0.6 is 11.6 Å². The lowest BCUT2D eigenvalue weighted by Gasteiger charge is -2.45. The third kappa shape index (κ3) is 3.94. The minimum Gasteiger partial charge on any atom is -0.497 e. The van der Waals surface area contributed by atoms with Gasteiger partial charge in [-0.15, -0.1) is 0 Å². The van der Waals surface area contributed by atoms with Gasteiger partial charge in [0.1, 0.15) is 17.0 Å². The largest absolute Gasteiger partial charge is 0.497 e. The van der Waals surface area contributed by atoms with Crippen molar-refractivity contribution in [3.05, 3.63) is 64.8 Å². The van der Waals surface area contributed by atoms with Crippen LogP contribution in [0.3, 0.4) is 0 Å². The van der Waals surface area contributed by atoms with Crippen LogP contribution in [-0.2, 0) is 17.9 Å². The first-order chi connectivity index (χ1) is 16.4. The minimum absolute atomic E-state index is 0.116. The summed E-state index contributed by atoms with van der Waals surface area (Å²) in [5, 5.41) is 4.80. The molecule has 3 aromatic rings. The summed E-state index contributed by atoms with van der Waals surface area (Å²) in [5.74, 6) is 0.422. The zero-order chi connectivity index (χ0) is 23.9. The van der Waals surface area contributed by atoms with Crippen LogP contribution in [0, 0.1) is 0 Å². The van der Waals surface area contributed by atoms with E-state index in [2.05, 4.69) is 5.32 Å². The Morgan fingerprint density at radius 1 is 1.15 bits per heavy atom. The number of nitrogens with one attached hydrogen (secondary N) is 1. The molecule has 2 amide bonds. The van der Waals surface area contributed by atoms with Gasteiger partial charge >= 0.3 is 0 Å². The van der Waals surface area contributed by atoms with Crippen LogP contribution < -0.4 is 10.1 Å². The predicted molar refractivity (Wildman–Crippen MR) is 133 cm³/mol. The molecular formula is C27H30ClN3O3. The second-order valence-corrected chi connectivity index (χ2v) is 10.0. The molecule has 7 heteroatoms. The Hall–Kier alpha value is -2.99. The molecule has 1 atom stereocenters. The van der Waals surface area contributed by atoms with E-state index in [0.717, 1.165) is 42.1 Å². The molecule has 2 aliphatic rings. The highest BCUT2D eigenvalue weighted by atomic mass is 35.5. The van der Waals surface area contributed by atoms with E-state index in [4.69, 9.17) is 16.3 Å². The lowest BCUT2D eigenvalue weighted by Crippen LogP contribution is -2.64. The van der Waals surface area contributed by atoms with Gasteiger partial charge in [0.2, 0.25) is 5.91 Å². The summed E-state index contributed by atoms with van der Waals surface area (Å²) >= 11 is 6.46. The van der Waals surface area contributed by atoms with Crippen LogP contribution in [0.15, 0.2) is 48.5 Å². The highest BCUT2D eigenvalue weighted by molar-refractivity contribution is 6.31. The second kappa shape index (κ2) is 8.99. The van der Waals surface area contributed by atoms with Crippen molar-refractivity contribution in [2.45, 2.75) is 63.7 Å². The minimum atomic E-state index is -1.07. The van der Waals surface area contributed by atoms with Gasteiger partial charge in [-0.2, -0.15) is 0 Å². The molecule has 1 aromatic heterocycles. The number of aromatic nitrogens is 1. The number of nitrogens with zero attached hydrogens (tertiary/aromatic N) is 2. The first kappa shape index (κ1) is 22.8. The summed E-state index contributed by atoms with van der Waals surface area (Å²) < 4.78 is 7.38. The van der Waals surface area contributed by atoms with E-state index in [9.17, 15) is 9.59 Å². The SMILES string of the molecule is COc1ccc2cc3n(c2c1)C[C@@](C)(C(=O)NC1CCCCC1)N(Cc1ccccc1Cl)C3=O. The summed E-state index contributed by atoms with van der Waals surface area (Å²) in [6.07, 6.45) is 5.41. The highest BCUT2D eigenvalue weighted by Crippen LogP contribution is 2.36. The first-order valence-electron chi connectivity index (χ1n) is 11.9. The zero-order valence-corrected chi connectivity index (χ0v) is 20.4. The molecule has 1 aliphatic carbocycles. The van der Waals surface area contributed by atoms with Crippen LogP contribution in [0.5, 0.6) is 5.75 Å². The molecule has 0 bridgehead atoms. The van der Waals surface area contributed by atoms with Gasteiger partial charge in [-0.1, -0.05) is 49.1 Å². The molecule has 2 aromatic carbocycles. The van der Waals surface area contributed by atoms with Gasteiger partial charge in [0, 0.05) is 29.1 Å². The van der Waals surface area contributed by atoms with Crippen LogP contribution in [0.25, 0.3) is 10.9 Å². The van der Waals surface area contributed by atoms with E-state index in [0.29, 0.717) is 23.0 Å². The van der Waals surface area contributed by atoms with Crippen molar-refractivity contribution >= 4 is 34.3 Å². The molecular weight excluding hydrogens is 450 g/mol. The lowest BCUT2D eigenvalue weighted by molar-refractivity contribution is -0.134. The maximum absolute atomic E-state index is 13.9. The Bertz CT molecular complexity index is 1250. The fourth-order valence-electron chi connectivity index (χ4n) is 5.29. The molecule has 0 saturated heterocycles. The van der Waals surface area contributed by atoms with E-state index in [-0.39, 0.29) is 24.4 Å². The molecule has 34 heavy (non-hydrogen) atoms. The van der Waals surface area contributed by atoms with Gasteiger partial charge < -0.3 is 19.5 Å². The average molecular weight is 480 g/mol. The van der Waals surface area contributed by atoms with Gasteiger partial charge in [0.05, 0.1) is 19.2 Å². The topological polar surface area (TPSA) is 63.6 Å². The smallest absolute Gasteiger partial charge is 0.271 e. The van der Waals surface area contributed by atoms with Crippen molar-refractivity contribution in [2.75, 3.05) is 7.11 Å². The molecule has 2 heterocycles. The lowest BCUT2D eigenvalue weighted by atomic mass is 9.91. The number of fused-ring (bicyclic) bond motifs is 3. The van der Waals surface area contributed by atoms with E-state index < -0.39 is 5.54 Å². The van der Waals surface area contributed by atoms with Crippen LogP contribution in [-0.4, -0.2) is 40.0 Å². The molecule has 178 valence electrons. The Morgan fingerprint density at radius 2 is 1.91 bits per heavy atom. The number of hydrogen-bond acceptors (Lipinski definition) is 3. The first-order valence-corrected chi connectivity index (χ1v) is 12.3. The van der Waals surface area contributed by atoms with Crippen LogP contribution in [0.1, 0.15) is 55.1 Å². The number of methoxy groups -OCH3 is 1. The van der Waals surface area contributed by atoms with Gasteiger partial charge in [-0.25, -0.2) is 0 Å². The van der Waals surface area contributed by atoms with Gasteiger partial charge in [0.25, 0.3) is 5.91 Å². The van der Waals surface area contributed by atoms with Crippen molar-refractivity contribution in [1.29, 1.82) is 0 Å². The normalized spacial score (nSPS) is 20.9. The zero-order valence-electron chi connectivity index (χ0n) is 19.6. The maximum atomic E-state index is 13.9. The summed E-state index contributed by atoms with van der Waals surface area (Å²) in [5.41, 5.74) is 1.20. The third-order valence-corrected chi connectivity index (χ3v) is 7.72. The quantitative estimate of drug-likeness (QED) is 0.549. The number of carbonyl (C=O) groups is 2.